The van der Waals surface area contributed by atoms with E-state index in [1.807, 2.05) is 6.92 Å². The minimum atomic E-state index is -0.0190. The molecule has 0 spiro atoms. The first-order valence-electron chi connectivity index (χ1n) is 8.48. The van der Waals surface area contributed by atoms with Crippen molar-refractivity contribution in [1.29, 1.82) is 0 Å². The van der Waals surface area contributed by atoms with Crippen LogP contribution in [-0.4, -0.2) is 74.2 Å². The topological polar surface area (TPSA) is 44.8 Å². The molecule has 1 aliphatic carbocycles. The SMILES string of the molecule is C[C@@H](C(=O)NCCCOC1CCCC1)N1CCN(C)CC1. The van der Waals surface area contributed by atoms with Gasteiger partial charge in [0.25, 0.3) is 0 Å². The number of carbonyl (C=O) groups excluding carboxylic acids is 1. The maximum absolute atomic E-state index is 12.1. The molecule has 1 saturated carbocycles. The van der Waals surface area contributed by atoms with Crippen LogP contribution in [0, 0.1) is 0 Å². The molecule has 1 N–H and O–H groups in total. The quantitative estimate of drug-likeness (QED) is 0.715. The van der Waals surface area contributed by atoms with Crippen molar-refractivity contribution >= 4 is 5.91 Å². The molecule has 0 bridgehead atoms. The predicted octanol–water partition coefficient (Wildman–Crippen LogP) is 1.09. The number of likely N-dealkylation sites (N-methyl/N-ethyl adjacent to an activating group) is 1. The van der Waals surface area contributed by atoms with Crippen LogP contribution in [0.2, 0.25) is 0 Å². The second-order valence-corrected chi connectivity index (χ2v) is 6.44. The van der Waals surface area contributed by atoms with E-state index in [1.54, 1.807) is 0 Å². The monoisotopic (exact) mass is 297 g/mol. The van der Waals surface area contributed by atoms with Crippen LogP contribution >= 0.6 is 0 Å². The van der Waals surface area contributed by atoms with Crippen molar-refractivity contribution in [3.63, 3.8) is 0 Å². The largest absolute Gasteiger partial charge is 0.378 e. The molecule has 2 aliphatic rings. The fraction of sp³-hybridized carbons (Fsp3) is 0.938. The van der Waals surface area contributed by atoms with Gasteiger partial charge in [-0.2, -0.15) is 0 Å². The first-order valence-corrected chi connectivity index (χ1v) is 8.48. The van der Waals surface area contributed by atoms with E-state index in [0.29, 0.717) is 6.10 Å². The van der Waals surface area contributed by atoms with E-state index in [-0.39, 0.29) is 11.9 Å². The van der Waals surface area contributed by atoms with Gasteiger partial charge in [-0.25, -0.2) is 0 Å². The van der Waals surface area contributed by atoms with Crippen molar-refractivity contribution in [2.24, 2.45) is 0 Å². The lowest BCUT2D eigenvalue weighted by molar-refractivity contribution is -0.126. The lowest BCUT2D eigenvalue weighted by Gasteiger charge is -2.35. The zero-order valence-corrected chi connectivity index (χ0v) is 13.6. The Morgan fingerprint density at radius 2 is 1.90 bits per heavy atom. The first-order chi connectivity index (χ1) is 10.2. The lowest BCUT2D eigenvalue weighted by Crippen LogP contribution is -2.53. The Hall–Kier alpha value is -0.650. The Morgan fingerprint density at radius 1 is 1.24 bits per heavy atom. The molecular formula is C16H31N3O2. The smallest absolute Gasteiger partial charge is 0.237 e. The fourth-order valence-corrected chi connectivity index (χ4v) is 3.11. The summed E-state index contributed by atoms with van der Waals surface area (Å²) < 4.78 is 5.81. The van der Waals surface area contributed by atoms with Crippen molar-refractivity contribution in [1.82, 2.24) is 15.1 Å². The summed E-state index contributed by atoms with van der Waals surface area (Å²) in [5.41, 5.74) is 0. The average Bonchev–Trinajstić information content (AvgIpc) is 3.00. The summed E-state index contributed by atoms with van der Waals surface area (Å²) in [6, 6.07) is -0.0190. The van der Waals surface area contributed by atoms with Crippen LogP contribution in [0.15, 0.2) is 0 Å². The number of nitrogens with zero attached hydrogens (tertiary/aromatic N) is 2. The van der Waals surface area contributed by atoms with Crippen LogP contribution in [0.25, 0.3) is 0 Å². The summed E-state index contributed by atoms with van der Waals surface area (Å²) in [6.45, 7) is 7.57. The van der Waals surface area contributed by atoms with Crippen molar-refractivity contribution in [2.45, 2.75) is 51.2 Å². The van der Waals surface area contributed by atoms with Crippen LogP contribution in [0.5, 0.6) is 0 Å². The maximum Gasteiger partial charge on any atom is 0.237 e. The van der Waals surface area contributed by atoms with Gasteiger partial charge >= 0.3 is 0 Å². The molecule has 0 radical (unpaired) electrons. The molecule has 2 rings (SSSR count). The summed E-state index contributed by atoms with van der Waals surface area (Å²) in [5.74, 6) is 0.153. The summed E-state index contributed by atoms with van der Waals surface area (Å²) in [6.07, 6.45) is 6.44. The Kier molecular flexibility index (Phi) is 6.93. The second-order valence-electron chi connectivity index (χ2n) is 6.44. The molecule has 0 aromatic heterocycles. The standard InChI is InChI=1S/C16H31N3O2/c1-14(19-11-9-18(2)10-12-19)16(20)17-8-5-13-21-15-6-3-4-7-15/h14-15H,3-13H2,1-2H3,(H,17,20)/t14-/m0/s1. The Balaban J connectivity index is 1.53. The average molecular weight is 297 g/mol. The molecule has 1 heterocycles. The number of hydrogen-bond acceptors (Lipinski definition) is 4. The third-order valence-corrected chi connectivity index (χ3v) is 4.74. The molecule has 122 valence electrons. The molecule has 1 aliphatic heterocycles. The van der Waals surface area contributed by atoms with Gasteiger partial charge in [0.15, 0.2) is 0 Å². The molecule has 2 fully saturated rings. The molecular weight excluding hydrogens is 266 g/mol. The van der Waals surface area contributed by atoms with Crippen LogP contribution < -0.4 is 5.32 Å². The number of hydrogen-bond donors (Lipinski definition) is 1. The molecule has 0 aromatic rings. The lowest BCUT2D eigenvalue weighted by atomic mass is 10.2. The van der Waals surface area contributed by atoms with E-state index in [1.165, 1.54) is 25.7 Å². The number of ether oxygens (including phenoxy) is 1. The van der Waals surface area contributed by atoms with Gasteiger partial charge in [-0.15, -0.1) is 0 Å². The molecule has 0 aromatic carbocycles. The van der Waals surface area contributed by atoms with Crippen molar-refractivity contribution in [2.75, 3.05) is 46.4 Å². The molecule has 1 amide bonds. The summed E-state index contributed by atoms with van der Waals surface area (Å²) >= 11 is 0. The normalized spacial score (nSPS) is 23.3. The minimum Gasteiger partial charge on any atom is -0.378 e. The highest BCUT2D eigenvalue weighted by atomic mass is 16.5. The molecule has 21 heavy (non-hydrogen) atoms. The summed E-state index contributed by atoms with van der Waals surface area (Å²) in [5, 5.41) is 3.04. The van der Waals surface area contributed by atoms with Crippen LogP contribution in [0.1, 0.15) is 39.0 Å². The van der Waals surface area contributed by atoms with Crippen molar-refractivity contribution in [3.8, 4) is 0 Å². The van der Waals surface area contributed by atoms with Crippen LogP contribution in [0.3, 0.4) is 0 Å². The Labute approximate surface area is 129 Å². The van der Waals surface area contributed by atoms with Gasteiger partial charge in [-0.3, -0.25) is 9.69 Å². The van der Waals surface area contributed by atoms with Crippen molar-refractivity contribution < 1.29 is 9.53 Å². The molecule has 0 unspecified atom stereocenters. The Bertz CT molecular complexity index is 311. The second kappa shape index (κ2) is 8.71. The van der Waals surface area contributed by atoms with Crippen LogP contribution in [0.4, 0.5) is 0 Å². The predicted molar refractivity (Wildman–Crippen MR) is 84.4 cm³/mol. The van der Waals surface area contributed by atoms with Gasteiger partial charge in [0.05, 0.1) is 12.1 Å². The van der Waals surface area contributed by atoms with Gasteiger partial charge in [0.2, 0.25) is 5.91 Å². The zero-order valence-electron chi connectivity index (χ0n) is 13.6. The van der Waals surface area contributed by atoms with Gasteiger partial charge in [0, 0.05) is 39.3 Å². The van der Waals surface area contributed by atoms with Gasteiger partial charge in [-0.05, 0) is 33.2 Å². The van der Waals surface area contributed by atoms with E-state index in [9.17, 15) is 4.79 Å². The summed E-state index contributed by atoms with van der Waals surface area (Å²) in [7, 11) is 2.13. The highest BCUT2D eigenvalue weighted by molar-refractivity contribution is 5.81. The minimum absolute atomic E-state index is 0.0190. The van der Waals surface area contributed by atoms with Crippen molar-refractivity contribution in [3.05, 3.63) is 0 Å². The third kappa shape index (κ3) is 5.57. The number of piperazine rings is 1. The zero-order chi connectivity index (χ0) is 15.1. The van der Waals surface area contributed by atoms with E-state index in [4.69, 9.17) is 4.74 Å². The highest BCUT2D eigenvalue weighted by Crippen LogP contribution is 2.20. The van der Waals surface area contributed by atoms with E-state index < -0.39 is 0 Å². The molecule has 1 saturated heterocycles. The number of carbonyl (C=O) groups is 1. The Morgan fingerprint density at radius 3 is 2.57 bits per heavy atom. The van der Waals surface area contributed by atoms with E-state index in [0.717, 1.165) is 45.8 Å². The van der Waals surface area contributed by atoms with Gasteiger partial charge in [0.1, 0.15) is 0 Å². The summed E-state index contributed by atoms with van der Waals surface area (Å²) in [4.78, 5) is 16.7. The molecule has 5 nitrogen and oxygen atoms in total. The highest BCUT2D eigenvalue weighted by Gasteiger charge is 2.23. The van der Waals surface area contributed by atoms with E-state index >= 15 is 0 Å². The fourth-order valence-electron chi connectivity index (χ4n) is 3.11. The molecule has 1 atom stereocenters. The number of rotatable bonds is 7. The third-order valence-electron chi connectivity index (χ3n) is 4.74. The van der Waals surface area contributed by atoms with Gasteiger partial charge < -0.3 is 15.0 Å². The number of nitrogens with one attached hydrogen (secondary N) is 1. The van der Waals surface area contributed by atoms with Crippen LogP contribution in [-0.2, 0) is 9.53 Å². The van der Waals surface area contributed by atoms with Gasteiger partial charge in [-0.1, -0.05) is 12.8 Å². The number of amides is 1. The van der Waals surface area contributed by atoms with E-state index in [2.05, 4.69) is 22.2 Å². The first kappa shape index (κ1) is 16.7. The molecule has 5 heteroatoms. The maximum atomic E-state index is 12.1.